The summed E-state index contributed by atoms with van der Waals surface area (Å²) < 4.78 is 30.4. The second-order valence-electron chi connectivity index (χ2n) is 2.80. The van der Waals surface area contributed by atoms with Gasteiger partial charge in [0.05, 0.1) is 4.92 Å². The molecule has 1 aromatic carbocycles. The molecule has 0 spiro atoms. The van der Waals surface area contributed by atoms with Crippen LogP contribution in [0.3, 0.4) is 0 Å². The van der Waals surface area contributed by atoms with Gasteiger partial charge in [-0.2, -0.15) is 8.42 Å². The maximum absolute atomic E-state index is 10.8. The molecule has 0 unspecified atom stereocenters. The summed E-state index contributed by atoms with van der Waals surface area (Å²) in [6.07, 6.45) is 0. The van der Waals surface area contributed by atoms with E-state index in [4.69, 9.17) is 16.2 Å². The highest BCUT2D eigenvalue weighted by atomic mass is 35.5. The molecule has 0 aromatic heterocycles. The summed E-state index contributed by atoms with van der Waals surface area (Å²) in [6.45, 7) is 1.37. The van der Waals surface area contributed by atoms with Crippen molar-refractivity contribution in [1.82, 2.24) is 0 Å². The summed E-state index contributed by atoms with van der Waals surface area (Å²) >= 11 is 5.53. The van der Waals surface area contributed by atoms with Crippen molar-refractivity contribution < 1.29 is 17.9 Å². The van der Waals surface area contributed by atoms with Crippen molar-refractivity contribution in [1.29, 1.82) is 0 Å². The minimum atomic E-state index is -4.47. The Kier molecular flexibility index (Phi) is 2.98. The lowest BCUT2D eigenvalue weighted by Gasteiger charge is -2.03. The van der Waals surface area contributed by atoms with Crippen LogP contribution in [0.5, 0.6) is 0 Å². The Hall–Kier alpha value is -1.18. The third-order valence-electron chi connectivity index (χ3n) is 1.72. The van der Waals surface area contributed by atoms with Crippen LogP contribution < -0.4 is 0 Å². The molecule has 0 amide bonds. The molecule has 15 heavy (non-hydrogen) atoms. The molecule has 0 aliphatic heterocycles. The minimum absolute atomic E-state index is 0.146. The molecular weight excluding hydrogens is 246 g/mol. The summed E-state index contributed by atoms with van der Waals surface area (Å²) in [5, 5.41) is 10.3. The number of halogens is 1. The monoisotopic (exact) mass is 251 g/mol. The number of rotatable bonds is 2. The minimum Gasteiger partial charge on any atom is -0.282 e. The number of hydrogen-bond acceptors (Lipinski definition) is 4. The van der Waals surface area contributed by atoms with Gasteiger partial charge in [-0.05, 0) is 18.6 Å². The summed E-state index contributed by atoms with van der Waals surface area (Å²) in [4.78, 5) is 9.12. The Labute approximate surface area is 90.4 Å². The summed E-state index contributed by atoms with van der Waals surface area (Å²) in [5.41, 5.74) is -0.414. The van der Waals surface area contributed by atoms with E-state index in [0.717, 1.165) is 12.1 Å². The fraction of sp³-hybridized carbons (Fsp3) is 0.143. The number of nitro benzene ring substituents is 1. The van der Waals surface area contributed by atoms with Crippen LogP contribution in [0.25, 0.3) is 0 Å². The van der Waals surface area contributed by atoms with E-state index >= 15 is 0 Å². The summed E-state index contributed by atoms with van der Waals surface area (Å²) in [5.74, 6) is 0. The maximum Gasteiger partial charge on any atom is 0.295 e. The van der Waals surface area contributed by atoms with Crippen LogP contribution >= 0.6 is 11.6 Å². The molecule has 1 rings (SSSR count). The second-order valence-corrected chi connectivity index (χ2v) is 4.60. The lowest BCUT2D eigenvalue weighted by Crippen LogP contribution is -2.02. The molecular formula is C7H6ClNO5S. The van der Waals surface area contributed by atoms with Gasteiger partial charge in [0.1, 0.15) is 9.92 Å². The quantitative estimate of drug-likeness (QED) is 0.491. The molecule has 0 radical (unpaired) electrons. The SMILES string of the molecule is Cc1cc(Cl)c([N+](=O)[O-])cc1S(=O)(=O)O. The molecule has 6 nitrogen and oxygen atoms in total. The Morgan fingerprint density at radius 3 is 2.40 bits per heavy atom. The Morgan fingerprint density at radius 2 is 2.00 bits per heavy atom. The molecule has 0 atom stereocenters. The summed E-state index contributed by atoms with van der Waals surface area (Å²) in [6, 6.07) is 1.84. The van der Waals surface area contributed by atoms with Gasteiger partial charge in [0.25, 0.3) is 15.8 Å². The van der Waals surface area contributed by atoms with Crippen LogP contribution in [0.4, 0.5) is 5.69 Å². The van der Waals surface area contributed by atoms with Crippen molar-refractivity contribution in [3.8, 4) is 0 Å². The lowest BCUT2D eigenvalue weighted by atomic mass is 10.2. The van der Waals surface area contributed by atoms with Gasteiger partial charge in [-0.1, -0.05) is 11.6 Å². The van der Waals surface area contributed by atoms with E-state index in [1.54, 1.807) is 0 Å². The second kappa shape index (κ2) is 3.76. The Bertz CT molecular complexity index is 524. The first-order valence-corrected chi connectivity index (χ1v) is 5.47. The van der Waals surface area contributed by atoms with Gasteiger partial charge in [0.15, 0.2) is 0 Å². The first kappa shape index (κ1) is 11.9. The van der Waals surface area contributed by atoms with E-state index in [0.29, 0.717) is 0 Å². The predicted octanol–water partition coefficient (Wildman–Crippen LogP) is 1.80. The van der Waals surface area contributed by atoms with Crippen LogP contribution in [0, 0.1) is 17.0 Å². The number of benzene rings is 1. The average molecular weight is 252 g/mol. The molecule has 82 valence electrons. The van der Waals surface area contributed by atoms with Crippen molar-refractivity contribution in [3.05, 3.63) is 32.8 Å². The van der Waals surface area contributed by atoms with E-state index in [9.17, 15) is 18.5 Å². The third-order valence-corrected chi connectivity index (χ3v) is 3.02. The Morgan fingerprint density at radius 1 is 1.47 bits per heavy atom. The molecule has 8 heteroatoms. The van der Waals surface area contributed by atoms with E-state index < -0.39 is 25.6 Å². The zero-order valence-electron chi connectivity index (χ0n) is 7.47. The van der Waals surface area contributed by atoms with Gasteiger partial charge in [-0.25, -0.2) is 0 Å². The molecule has 1 aromatic rings. The van der Waals surface area contributed by atoms with Crippen molar-refractivity contribution >= 4 is 27.4 Å². The van der Waals surface area contributed by atoms with E-state index in [2.05, 4.69) is 0 Å². The molecule has 0 saturated carbocycles. The van der Waals surface area contributed by atoms with Crippen LogP contribution in [0.2, 0.25) is 5.02 Å². The van der Waals surface area contributed by atoms with Gasteiger partial charge < -0.3 is 0 Å². The third kappa shape index (κ3) is 2.44. The molecule has 1 N–H and O–H groups in total. The van der Waals surface area contributed by atoms with Crippen LogP contribution in [0.1, 0.15) is 5.56 Å². The van der Waals surface area contributed by atoms with Crippen molar-refractivity contribution in [2.45, 2.75) is 11.8 Å². The number of nitrogens with zero attached hydrogens (tertiary/aromatic N) is 1. The van der Waals surface area contributed by atoms with Crippen molar-refractivity contribution in [2.75, 3.05) is 0 Å². The van der Waals surface area contributed by atoms with E-state index in [1.165, 1.54) is 6.92 Å². The zero-order valence-corrected chi connectivity index (χ0v) is 9.04. The Balaban J connectivity index is 3.58. The number of aryl methyl sites for hydroxylation is 1. The van der Waals surface area contributed by atoms with Gasteiger partial charge in [-0.3, -0.25) is 14.7 Å². The fourth-order valence-corrected chi connectivity index (χ4v) is 2.07. The van der Waals surface area contributed by atoms with Crippen molar-refractivity contribution in [2.24, 2.45) is 0 Å². The normalized spacial score (nSPS) is 11.4. The molecule has 0 fully saturated rings. The molecule has 0 heterocycles. The number of hydrogen-bond donors (Lipinski definition) is 1. The van der Waals surface area contributed by atoms with Gasteiger partial charge in [-0.15, -0.1) is 0 Å². The molecule has 0 bridgehead atoms. The number of nitro groups is 1. The van der Waals surface area contributed by atoms with Crippen LogP contribution in [0.15, 0.2) is 17.0 Å². The first-order chi connectivity index (χ1) is 6.73. The highest BCUT2D eigenvalue weighted by molar-refractivity contribution is 7.85. The highest BCUT2D eigenvalue weighted by Gasteiger charge is 2.21. The van der Waals surface area contributed by atoms with Crippen molar-refractivity contribution in [3.63, 3.8) is 0 Å². The van der Waals surface area contributed by atoms with Gasteiger partial charge in [0, 0.05) is 6.07 Å². The van der Waals surface area contributed by atoms with Crippen LogP contribution in [-0.4, -0.2) is 17.9 Å². The predicted molar refractivity (Wildman–Crippen MR) is 52.7 cm³/mol. The van der Waals surface area contributed by atoms with Gasteiger partial charge >= 0.3 is 0 Å². The molecule has 0 aliphatic carbocycles. The fourth-order valence-electron chi connectivity index (χ4n) is 1.06. The highest BCUT2D eigenvalue weighted by Crippen LogP contribution is 2.29. The first-order valence-electron chi connectivity index (χ1n) is 3.65. The zero-order chi connectivity index (χ0) is 11.8. The summed E-state index contributed by atoms with van der Waals surface area (Å²) in [7, 11) is -4.47. The molecule has 0 saturated heterocycles. The van der Waals surface area contributed by atoms with Crippen LogP contribution in [-0.2, 0) is 10.1 Å². The lowest BCUT2D eigenvalue weighted by molar-refractivity contribution is -0.384. The van der Waals surface area contributed by atoms with E-state index in [-0.39, 0.29) is 10.6 Å². The smallest absolute Gasteiger partial charge is 0.282 e. The average Bonchev–Trinajstić information content (AvgIpc) is 2.00. The van der Waals surface area contributed by atoms with Gasteiger partial charge in [0.2, 0.25) is 0 Å². The van der Waals surface area contributed by atoms with E-state index in [1.807, 2.05) is 0 Å². The maximum atomic E-state index is 10.8. The topological polar surface area (TPSA) is 97.5 Å². The largest absolute Gasteiger partial charge is 0.295 e. The molecule has 0 aliphatic rings. The standard InChI is InChI=1S/C7H6ClNO5S/c1-4-2-5(8)6(9(10)11)3-7(4)15(12,13)14/h2-3H,1H3,(H,12,13,14).